The predicted molar refractivity (Wildman–Crippen MR) is 74.4 cm³/mol. The first-order valence-corrected chi connectivity index (χ1v) is 8.32. The first kappa shape index (κ1) is 16.1. The van der Waals surface area contributed by atoms with Crippen LogP contribution in [0.2, 0.25) is 0 Å². The van der Waals surface area contributed by atoms with Gasteiger partial charge in [0.15, 0.2) is 0 Å². The molecule has 1 aliphatic rings. The third kappa shape index (κ3) is 6.18. The molecule has 1 rings (SSSR count). The second-order valence-electron chi connectivity index (χ2n) is 5.08. The van der Waals surface area contributed by atoms with Gasteiger partial charge in [-0.1, -0.05) is 19.3 Å². The maximum Gasteiger partial charge on any atom is 0.303 e. The van der Waals surface area contributed by atoms with Crippen molar-refractivity contribution in [2.24, 2.45) is 0 Å². The van der Waals surface area contributed by atoms with Crippen LogP contribution in [0.4, 0.5) is 0 Å². The number of carboxylic acid groups (broad SMARTS) is 1. The van der Waals surface area contributed by atoms with Gasteiger partial charge in [0.05, 0.1) is 0 Å². The SMILES string of the molecule is CN(C(=O)CS(=O)CCCC(=O)O)C1CCCCC1. The highest BCUT2D eigenvalue weighted by Crippen LogP contribution is 2.21. The molecule has 1 fully saturated rings. The van der Waals surface area contributed by atoms with Crippen LogP contribution in [0.5, 0.6) is 0 Å². The second-order valence-corrected chi connectivity index (χ2v) is 6.66. The van der Waals surface area contributed by atoms with Gasteiger partial charge in [-0.25, -0.2) is 0 Å². The fourth-order valence-electron chi connectivity index (χ4n) is 2.37. The molecule has 6 heteroatoms. The number of rotatable bonds is 7. The molecular weight excluding hydrogens is 266 g/mol. The predicted octanol–water partition coefficient (Wildman–Crippen LogP) is 1.39. The van der Waals surface area contributed by atoms with E-state index >= 15 is 0 Å². The highest BCUT2D eigenvalue weighted by molar-refractivity contribution is 7.85. The largest absolute Gasteiger partial charge is 0.481 e. The summed E-state index contributed by atoms with van der Waals surface area (Å²) >= 11 is 0. The lowest BCUT2D eigenvalue weighted by molar-refractivity contribution is -0.137. The number of hydrogen-bond donors (Lipinski definition) is 1. The molecule has 0 radical (unpaired) electrons. The van der Waals surface area contributed by atoms with Crippen LogP contribution in [0.1, 0.15) is 44.9 Å². The van der Waals surface area contributed by atoms with Crippen molar-refractivity contribution in [1.29, 1.82) is 0 Å². The lowest BCUT2D eigenvalue weighted by atomic mass is 9.94. The van der Waals surface area contributed by atoms with Crippen molar-refractivity contribution in [3.8, 4) is 0 Å². The van der Waals surface area contributed by atoms with Crippen molar-refractivity contribution in [3.05, 3.63) is 0 Å². The molecule has 0 aromatic heterocycles. The molecule has 0 spiro atoms. The van der Waals surface area contributed by atoms with E-state index in [1.807, 2.05) is 0 Å². The van der Waals surface area contributed by atoms with Crippen LogP contribution in [0.15, 0.2) is 0 Å². The summed E-state index contributed by atoms with van der Waals surface area (Å²) in [6, 6.07) is 0.289. The average molecular weight is 289 g/mol. The molecule has 0 saturated heterocycles. The Balaban J connectivity index is 2.28. The second kappa shape index (κ2) is 8.30. The molecule has 1 aliphatic carbocycles. The molecule has 19 heavy (non-hydrogen) atoms. The third-order valence-electron chi connectivity index (χ3n) is 3.56. The van der Waals surface area contributed by atoms with Gasteiger partial charge in [-0.3, -0.25) is 13.8 Å². The Hall–Kier alpha value is -0.910. The zero-order valence-electron chi connectivity index (χ0n) is 11.5. The van der Waals surface area contributed by atoms with E-state index in [0.29, 0.717) is 6.42 Å². The number of amides is 1. The van der Waals surface area contributed by atoms with Gasteiger partial charge in [0.25, 0.3) is 0 Å². The third-order valence-corrected chi connectivity index (χ3v) is 4.88. The minimum Gasteiger partial charge on any atom is -0.481 e. The van der Waals surface area contributed by atoms with Crippen LogP contribution in [0.25, 0.3) is 0 Å². The maximum absolute atomic E-state index is 12.0. The van der Waals surface area contributed by atoms with E-state index in [9.17, 15) is 13.8 Å². The van der Waals surface area contributed by atoms with Crippen LogP contribution in [-0.2, 0) is 20.4 Å². The van der Waals surface area contributed by atoms with Gasteiger partial charge >= 0.3 is 5.97 Å². The molecule has 1 unspecified atom stereocenters. The Labute approximate surface area is 116 Å². The van der Waals surface area contributed by atoms with Gasteiger partial charge in [-0.2, -0.15) is 0 Å². The summed E-state index contributed by atoms with van der Waals surface area (Å²) in [4.78, 5) is 24.0. The number of nitrogens with zero attached hydrogens (tertiary/aromatic N) is 1. The maximum atomic E-state index is 12.0. The summed E-state index contributed by atoms with van der Waals surface area (Å²) in [5.74, 6) is -0.661. The quantitative estimate of drug-likeness (QED) is 0.768. The number of carbonyl (C=O) groups is 2. The number of hydrogen-bond acceptors (Lipinski definition) is 3. The van der Waals surface area contributed by atoms with Crippen molar-refractivity contribution >= 4 is 22.7 Å². The molecule has 1 saturated carbocycles. The van der Waals surface area contributed by atoms with Crippen LogP contribution in [-0.4, -0.2) is 50.7 Å². The van der Waals surface area contributed by atoms with Crippen LogP contribution in [0.3, 0.4) is 0 Å². The lowest BCUT2D eigenvalue weighted by Crippen LogP contribution is -2.40. The number of aliphatic carboxylic acids is 1. The van der Waals surface area contributed by atoms with Gasteiger partial charge < -0.3 is 10.0 Å². The molecule has 0 aromatic rings. The van der Waals surface area contributed by atoms with Gasteiger partial charge in [0.2, 0.25) is 5.91 Å². The van der Waals surface area contributed by atoms with E-state index in [1.165, 1.54) is 6.42 Å². The first-order chi connectivity index (χ1) is 9.00. The van der Waals surface area contributed by atoms with Crippen molar-refractivity contribution in [2.45, 2.75) is 51.0 Å². The fraction of sp³-hybridized carbons (Fsp3) is 0.846. The summed E-state index contributed by atoms with van der Waals surface area (Å²) in [6.45, 7) is 0. The van der Waals surface area contributed by atoms with Gasteiger partial charge in [0, 0.05) is 36.1 Å². The van der Waals surface area contributed by atoms with E-state index in [4.69, 9.17) is 5.11 Å². The normalized spacial score (nSPS) is 17.9. The zero-order chi connectivity index (χ0) is 14.3. The average Bonchev–Trinajstić information content (AvgIpc) is 2.38. The molecule has 0 aromatic carbocycles. The van der Waals surface area contributed by atoms with Crippen molar-refractivity contribution < 1.29 is 18.9 Å². The standard InChI is InChI=1S/C13H23NO4S/c1-14(11-6-3-2-4-7-11)12(15)10-19(18)9-5-8-13(16)17/h11H,2-10H2,1H3,(H,16,17). The van der Waals surface area contributed by atoms with E-state index in [0.717, 1.165) is 25.7 Å². The summed E-state index contributed by atoms with van der Waals surface area (Å²) in [7, 11) is 0.538. The first-order valence-electron chi connectivity index (χ1n) is 6.83. The molecule has 5 nitrogen and oxygen atoms in total. The number of carbonyl (C=O) groups excluding carboxylic acids is 1. The summed E-state index contributed by atoms with van der Waals surface area (Å²) < 4.78 is 11.7. The van der Waals surface area contributed by atoms with Crippen LogP contribution < -0.4 is 0 Å². The van der Waals surface area contributed by atoms with Gasteiger partial charge in [-0.15, -0.1) is 0 Å². The minimum atomic E-state index is -1.25. The molecule has 0 aliphatic heterocycles. The Kier molecular flexibility index (Phi) is 7.05. The van der Waals surface area contributed by atoms with Gasteiger partial charge in [-0.05, 0) is 19.3 Å². The summed E-state index contributed by atoms with van der Waals surface area (Å²) in [5, 5.41) is 8.49. The van der Waals surface area contributed by atoms with Gasteiger partial charge in [0.1, 0.15) is 5.75 Å². The highest BCUT2D eigenvalue weighted by Gasteiger charge is 2.22. The number of carboxylic acids is 1. The molecule has 1 N–H and O–H groups in total. The Morgan fingerprint density at radius 2 is 1.89 bits per heavy atom. The molecule has 0 bridgehead atoms. The Morgan fingerprint density at radius 1 is 1.26 bits per heavy atom. The summed E-state index contributed by atoms with van der Waals surface area (Å²) in [6.07, 6.45) is 6.00. The molecule has 110 valence electrons. The van der Waals surface area contributed by atoms with Crippen molar-refractivity contribution in [1.82, 2.24) is 4.90 Å². The van der Waals surface area contributed by atoms with E-state index in [-0.39, 0.29) is 29.9 Å². The van der Waals surface area contributed by atoms with E-state index in [2.05, 4.69) is 0 Å². The van der Waals surface area contributed by atoms with Crippen molar-refractivity contribution in [3.63, 3.8) is 0 Å². The van der Waals surface area contributed by atoms with E-state index < -0.39 is 16.8 Å². The molecule has 1 amide bonds. The Morgan fingerprint density at radius 3 is 2.47 bits per heavy atom. The molecule has 1 atom stereocenters. The molecular formula is C13H23NO4S. The van der Waals surface area contributed by atoms with Crippen LogP contribution >= 0.6 is 0 Å². The highest BCUT2D eigenvalue weighted by atomic mass is 32.2. The molecule has 0 heterocycles. The van der Waals surface area contributed by atoms with Crippen LogP contribution in [0, 0.1) is 0 Å². The minimum absolute atomic E-state index is 0.0123. The Bertz CT molecular complexity index is 340. The lowest BCUT2D eigenvalue weighted by Gasteiger charge is -2.31. The summed E-state index contributed by atoms with van der Waals surface area (Å²) in [5.41, 5.74) is 0. The zero-order valence-corrected chi connectivity index (χ0v) is 12.3. The smallest absolute Gasteiger partial charge is 0.303 e. The van der Waals surface area contributed by atoms with E-state index in [1.54, 1.807) is 11.9 Å². The fourth-order valence-corrected chi connectivity index (χ4v) is 3.46. The monoisotopic (exact) mass is 289 g/mol. The van der Waals surface area contributed by atoms with Crippen molar-refractivity contribution in [2.75, 3.05) is 18.6 Å². The topological polar surface area (TPSA) is 74.7 Å².